The smallest absolute Gasteiger partial charge is 0.220 e. The van der Waals surface area contributed by atoms with Gasteiger partial charge in [0.15, 0.2) is 0 Å². The monoisotopic (exact) mass is 153 g/mol. The molecule has 1 saturated heterocycles. The van der Waals surface area contributed by atoms with Crippen LogP contribution in [0.5, 0.6) is 0 Å². The molecule has 0 saturated carbocycles. The lowest BCUT2D eigenvalue weighted by Gasteiger charge is -2.30. The van der Waals surface area contributed by atoms with E-state index in [1.807, 2.05) is 0 Å². The number of amides is 1. The third-order valence-electron chi connectivity index (χ3n) is 1.80. The highest BCUT2D eigenvalue weighted by Crippen LogP contribution is 2.01. The largest absolute Gasteiger partial charge is 0.324 e. The lowest BCUT2D eigenvalue weighted by Crippen LogP contribution is -2.52. The fraction of sp³-hybridized carbons (Fsp3) is 0.714. The standard InChI is InChI=1S/C7H11N3O/c1-6(11)10-3-2-9-5-7(10)4-8/h7,9H,2-3,5H2,1H3/t7-/m0/s1. The molecule has 0 aromatic carbocycles. The van der Waals surface area contributed by atoms with E-state index in [0.717, 1.165) is 6.54 Å². The van der Waals surface area contributed by atoms with Crippen LogP contribution in [0.2, 0.25) is 0 Å². The molecule has 0 aromatic rings. The van der Waals surface area contributed by atoms with Crippen LogP contribution in [-0.4, -0.2) is 36.5 Å². The zero-order valence-electron chi connectivity index (χ0n) is 6.50. The van der Waals surface area contributed by atoms with Crippen LogP contribution >= 0.6 is 0 Å². The van der Waals surface area contributed by atoms with Gasteiger partial charge in [-0.05, 0) is 0 Å². The summed E-state index contributed by atoms with van der Waals surface area (Å²) in [6.45, 7) is 3.52. The van der Waals surface area contributed by atoms with Gasteiger partial charge < -0.3 is 10.2 Å². The van der Waals surface area contributed by atoms with Gasteiger partial charge >= 0.3 is 0 Å². The minimum absolute atomic E-state index is 0.0157. The number of nitrogens with zero attached hydrogens (tertiary/aromatic N) is 2. The van der Waals surface area contributed by atoms with Crippen molar-refractivity contribution in [2.24, 2.45) is 0 Å². The Hall–Kier alpha value is -1.08. The Balaban J connectivity index is 2.60. The molecule has 11 heavy (non-hydrogen) atoms. The summed E-state index contributed by atoms with van der Waals surface area (Å²) in [4.78, 5) is 12.5. The normalized spacial score (nSPS) is 24.4. The molecule has 0 bridgehead atoms. The van der Waals surface area contributed by atoms with Gasteiger partial charge in [-0.2, -0.15) is 5.26 Å². The van der Waals surface area contributed by atoms with Gasteiger partial charge in [-0.3, -0.25) is 4.79 Å². The third-order valence-corrected chi connectivity index (χ3v) is 1.80. The Morgan fingerprint density at radius 3 is 3.00 bits per heavy atom. The molecule has 1 aliphatic rings. The lowest BCUT2D eigenvalue weighted by molar-refractivity contribution is -0.130. The lowest BCUT2D eigenvalue weighted by atomic mass is 10.2. The molecule has 0 unspecified atom stereocenters. The first-order chi connectivity index (χ1) is 5.25. The van der Waals surface area contributed by atoms with Crippen LogP contribution in [0, 0.1) is 11.3 Å². The number of nitriles is 1. The minimum atomic E-state index is -0.277. The number of carbonyl (C=O) groups is 1. The zero-order valence-corrected chi connectivity index (χ0v) is 6.50. The van der Waals surface area contributed by atoms with Crippen LogP contribution < -0.4 is 5.32 Å². The molecule has 0 radical (unpaired) electrons. The summed E-state index contributed by atoms with van der Waals surface area (Å²) >= 11 is 0. The molecule has 1 amide bonds. The second-order valence-electron chi connectivity index (χ2n) is 2.56. The summed E-state index contributed by atoms with van der Waals surface area (Å²) in [6, 6.07) is 1.80. The Labute approximate surface area is 65.8 Å². The topological polar surface area (TPSA) is 56.1 Å². The van der Waals surface area contributed by atoms with E-state index >= 15 is 0 Å². The average Bonchev–Trinajstić information content (AvgIpc) is 2.04. The SMILES string of the molecule is CC(=O)N1CCNC[C@@H]1C#N. The maximum atomic E-state index is 10.9. The quantitative estimate of drug-likeness (QED) is 0.502. The van der Waals surface area contributed by atoms with Gasteiger partial charge in [-0.25, -0.2) is 0 Å². The van der Waals surface area contributed by atoms with Gasteiger partial charge in [0.2, 0.25) is 5.91 Å². The van der Waals surface area contributed by atoms with Crippen molar-refractivity contribution < 1.29 is 4.79 Å². The highest BCUT2D eigenvalue weighted by Gasteiger charge is 2.22. The molecule has 0 spiro atoms. The number of hydrogen-bond acceptors (Lipinski definition) is 3. The van der Waals surface area contributed by atoms with Gasteiger partial charge in [0.1, 0.15) is 6.04 Å². The van der Waals surface area contributed by atoms with Crippen LogP contribution in [0.1, 0.15) is 6.92 Å². The van der Waals surface area contributed by atoms with Crippen molar-refractivity contribution in [2.45, 2.75) is 13.0 Å². The molecular formula is C7H11N3O. The molecule has 0 aromatic heterocycles. The molecule has 60 valence electrons. The number of nitrogens with one attached hydrogen (secondary N) is 1. The van der Waals surface area contributed by atoms with Crippen molar-refractivity contribution in [3.05, 3.63) is 0 Å². The predicted octanol–water partition coefficient (Wildman–Crippen LogP) is -0.670. The summed E-state index contributed by atoms with van der Waals surface area (Å²) < 4.78 is 0. The van der Waals surface area contributed by atoms with E-state index in [1.54, 1.807) is 4.90 Å². The molecule has 1 heterocycles. The van der Waals surface area contributed by atoms with Crippen molar-refractivity contribution in [3.8, 4) is 6.07 Å². The van der Waals surface area contributed by atoms with Gasteiger partial charge in [-0.15, -0.1) is 0 Å². The molecular weight excluding hydrogens is 142 g/mol. The molecule has 4 nitrogen and oxygen atoms in total. The van der Waals surface area contributed by atoms with Crippen molar-refractivity contribution in [2.75, 3.05) is 19.6 Å². The third kappa shape index (κ3) is 1.69. The fourth-order valence-corrected chi connectivity index (χ4v) is 1.20. The second-order valence-corrected chi connectivity index (χ2v) is 2.56. The van der Waals surface area contributed by atoms with E-state index in [1.165, 1.54) is 6.92 Å². The summed E-state index contributed by atoms with van der Waals surface area (Å²) in [5.41, 5.74) is 0. The van der Waals surface area contributed by atoms with Gasteiger partial charge in [0.05, 0.1) is 6.07 Å². The molecule has 1 atom stereocenters. The average molecular weight is 153 g/mol. The predicted molar refractivity (Wildman–Crippen MR) is 39.7 cm³/mol. The second kappa shape index (κ2) is 3.35. The molecule has 1 N–H and O–H groups in total. The van der Waals surface area contributed by atoms with Gasteiger partial charge in [0, 0.05) is 26.6 Å². The van der Waals surface area contributed by atoms with Crippen molar-refractivity contribution in [3.63, 3.8) is 0 Å². The van der Waals surface area contributed by atoms with E-state index in [-0.39, 0.29) is 11.9 Å². The van der Waals surface area contributed by atoms with Crippen LogP contribution in [0.3, 0.4) is 0 Å². The Kier molecular flexibility index (Phi) is 2.44. The first kappa shape index (κ1) is 8.02. The van der Waals surface area contributed by atoms with Crippen LogP contribution in [0.15, 0.2) is 0 Å². The first-order valence-electron chi connectivity index (χ1n) is 3.63. The summed E-state index contributed by atoms with van der Waals surface area (Å²) in [7, 11) is 0. The van der Waals surface area contributed by atoms with Crippen LogP contribution in [0.25, 0.3) is 0 Å². The molecule has 1 aliphatic heterocycles. The molecule has 1 rings (SSSR count). The van der Waals surface area contributed by atoms with E-state index in [0.29, 0.717) is 13.1 Å². The van der Waals surface area contributed by atoms with Crippen molar-refractivity contribution in [1.29, 1.82) is 5.26 Å². The summed E-state index contributed by atoms with van der Waals surface area (Å²) in [6.07, 6.45) is 0. The van der Waals surface area contributed by atoms with Crippen LogP contribution in [0.4, 0.5) is 0 Å². The number of rotatable bonds is 0. The maximum Gasteiger partial charge on any atom is 0.220 e. The maximum absolute atomic E-state index is 10.9. The van der Waals surface area contributed by atoms with E-state index in [2.05, 4.69) is 11.4 Å². The van der Waals surface area contributed by atoms with Crippen molar-refractivity contribution in [1.82, 2.24) is 10.2 Å². The summed E-state index contributed by atoms with van der Waals surface area (Å²) in [5, 5.41) is 11.7. The van der Waals surface area contributed by atoms with E-state index in [9.17, 15) is 4.79 Å². The Morgan fingerprint density at radius 2 is 2.55 bits per heavy atom. The highest BCUT2D eigenvalue weighted by atomic mass is 16.2. The molecule has 4 heteroatoms. The van der Waals surface area contributed by atoms with Gasteiger partial charge in [-0.1, -0.05) is 0 Å². The number of carbonyl (C=O) groups excluding carboxylic acids is 1. The minimum Gasteiger partial charge on any atom is -0.324 e. The summed E-state index contributed by atoms with van der Waals surface area (Å²) in [5.74, 6) is -0.0157. The highest BCUT2D eigenvalue weighted by molar-refractivity contribution is 5.74. The fourth-order valence-electron chi connectivity index (χ4n) is 1.20. The first-order valence-corrected chi connectivity index (χ1v) is 3.63. The Bertz CT molecular complexity index is 196. The van der Waals surface area contributed by atoms with Gasteiger partial charge in [0.25, 0.3) is 0 Å². The number of hydrogen-bond donors (Lipinski definition) is 1. The van der Waals surface area contributed by atoms with E-state index < -0.39 is 0 Å². The number of piperazine rings is 1. The Morgan fingerprint density at radius 1 is 1.82 bits per heavy atom. The van der Waals surface area contributed by atoms with E-state index in [4.69, 9.17) is 5.26 Å². The molecule has 0 aliphatic carbocycles. The zero-order chi connectivity index (χ0) is 8.27. The molecule has 1 fully saturated rings. The van der Waals surface area contributed by atoms with Crippen molar-refractivity contribution >= 4 is 5.91 Å². The van der Waals surface area contributed by atoms with Crippen LogP contribution in [-0.2, 0) is 4.79 Å².